The highest BCUT2D eigenvalue weighted by Crippen LogP contribution is 2.23. The van der Waals surface area contributed by atoms with E-state index in [0.29, 0.717) is 42.8 Å². The van der Waals surface area contributed by atoms with Crippen molar-refractivity contribution in [2.24, 2.45) is 0 Å². The maximum absolute atomic E-state index is 12.9. The first-order chi connectivity index (χ1) is 15.8. The van der Waals surface area contributed by atoms with E-state index in [1.807, 2.05) is 0 Å². The van der Waals surface area contributed by atoms with Crippen LogP contribution < -0.4 is 5.32 Å². The van der Waals surface area contributed by atoms with Gasteiger partial charge in [0.25, 0.3) is 5.69 Å². The number of piperazine rings is 1. The molecule has 1 fully saturated rings. The molecule has 1 aliphatic heterocycles. The molecule has 0 radical (unpaired) electrons. The predicted molar refractivity (Wildman–Crippen MR) is 125 cm³/mol. The van der Waals surface area contributed by atoms with Crippen LogP contribution in [-0.2, 0) is 21.4 Å². The Morgan fingerprint density at radius 1 is 1.06 bits per heavy atom. The molecule has 0 aliphatic carbocycles. The number of nitrogens with zero attached hydrogens (tertiary/aromatic N) is 4. The number of carbonyl (C=O) groups is 1. The van der Waals surface area contributed by atoms with E-state index in [1.54, 1.807) is 35.0 Å². The zero-order valence-electron chi connectivity index (χ0n) is 18.2. The fourth-order valence-electron chi connectivity index (χ4n) is 3.94. The Labute approximate surface area is 191 Å². The average molecular weight is 472 g/mol. The number of nitrogens with one attached hydrogen (secondary N) is 1. The van der Waals surface area contributed by atoms with E-state index >= 15 is 0 Å². The number of hydrogen-bond donors (Lipinski definition) is 1. The molecule has 2 heterocycles. The van der Waals surface area contributed by atoms with Crippen LogP contribution in [-0.4, -0.2) is 65.7 Å². The summed E-state index contributed by atoms with van der Waals surface area (Å²) < 4.78 is 29.0. The molecule has 0 saturated carbocycles. The normalized spacial score (nSPS) is 15.5. The fourth-order valence-corrected chi connectivity index (χ4v) is 5.36. The average Bonchev–Trinajstić information content (AvgIpc) is 3.21. The smallest absolute Gasteiger partial charge is 0.270 e. The second kappa shape index (κ2) is 9.30. The number of nitro benzene ring substituents is 1. The first-order valence-corrected chi connectivity index (χ1v) is 12.1. The molecule has 1 aliphatic rings. The zero-order valence-corrected chi connectivity index (χ0v) is 19.0. The molecule has 174 valence electrons. The highest BCUT2D eigenvalue weighted by Gasteiger charge is 2.27. The van der Waals surface area contributed by atoms with Crippen LogP contribution in [0.5, 0.6) is 0 Å². The van der Waals surface area contributed by atoms with Gasteiger partial charge in [0.05, 0.1) is 9.82 Å². The Bertz CT molecular complexity index is 1280. The lowest BCUT2D eigenvalue weighted by atomic mass is 10.2. The number of nitro groups is 1. The number of hydrogen-bond acceptors (Lipinski definition) is 6. The third-order valence-corrected chi connectivity index (χ3v) is 7.75. The van der Waals surface area contributed by atoms with Crippen molar-refractivity contribution in [1.82, 2.24) is 13.8 Å². The predicted octanol–water partition coefficient (Wildman–Crippen LogP) is 2.51. The highest BCUT2D eigenvalue weighted by molar-refractivity contribution is 7.89. The third-order valence-electron chi connectivity index (χ3n) is 5.83. The topological polar surface area (TPSA) is 118 Å². The number of aromatic nitrogens is 1. The van der Waals surface area contributed by atoms with E-state index in [-0.39, 0.29) is 23.0 Å². The summed E-state index contributed by atoms with van der Waals surface area (Å²) in [6.07, 6.45) is 1.70. The standard InChI is InChI=1S/C22H25N5O5S/c1-2-24-11-13-26(14-12-24)33(31,32)20-6-3-18(4-7-20)23-22(28)16-25-10-9-17-15-19(27(29)30)5-8-21(17)25/h3-10,15H,2,11-14,16H2,1H3,(H,23,28). The van der Waals surface area contributed by atoms with Crippen LogP contribution in [0.25, 0.3) is 10.9 Å². The van der Waals surface area contributed by atoms with E-state index < -0.39 is 14.9 Å². The SMILES string of the molecule is CCN1CCN(S(=O)(=O)c2ccc(NC(=O)Cn3ccc4cc([N+](=O)[O-])ccc43)cc2)CC1. The highest BCUT2D eigenvalue weighted by atomic mass is 32.2. The largest absolute Gasteiger partial charge is 0.338 e. The Kier molecular flexibility index (Phi) is 6.45. The van der Waals surface area contributed by atoms with Crippen LogP contribution in [0.1, 0.15) is 6.92 Å². The lowest BCUT2D eigenvalue weighted by Gasteiger charge is -2.33. The van der Waals surface area contributed by atoms with Gasteiger partial charge in [-0.3, -0.25) is 14.9 Å². The summed E-state index contributed by atoms with van der Waals surface area (Å²) in [6, 6.07) is 12.3. The summed E-state index contributed by atoms with van der Waals surface area (Å²) >= 11 is 0. The van der Waals surface area contributed by atoms with Gasteiger partial charge in [0.2, 0.25) is 15.9 Å². The number of benzene rings is 2. The molecular weight excluding hydrogens is 446 g/mol. The first-order valence-electron chi connectivity index (χ1n) is 10.6. The molecule has 10 nitrogen and oxygen atoms in total. The number of carbonyl (C=O) groups excluding carboxylic acids is 1. The molecule has 0 unspecified atom stereocenters. The Morgan fingerprint density at radius 3 is 2.39 bits per heavy atom. The quantitative estimate of drug-likeness (QED) is 0.418. The van der Waals surface area contributed by atoms with Crippen LogP contribution in [0.15, 0.2) is 59.6 Å². The Morgan fingerprint density at radius 2 is 1.76 bits per heavy atom. The minimum absolute atomic E-state index is 0.00742. The molecule has 33 heavy (non-hydrogen) atoms. The lowest BCUT2D eigenvalue weighted by Crippen LogP contribution is -2.48. The van der Waals surface area contributed by atoms with Gasteiger partial charge in [-0.05, 0) is 42.9 Å². The molecule has 1 amide bonds. The van der Waals surface area contributed by atoms with Crippen LogP contribution in [0, 0.1) is 10.1 Å². The minimum Gasteiger partial charge on any atom is -0.338 e. The fraction of sp³-hybridized carbons (Fsp3) is 0.318. The number of sulfonamides is 1. The molecule has 0 atom stereocenters. The van der Waals surface area contributed by atoms with Gasteiger partial charge in [0, 0.05) is 61.1 Å². The maximum Gasteiger partial charge on any atom is 0.270 e. The van der Waals surface area contributed by atoms with Crippen molar-refractivity contribution >= 4 is 38.2 Å². The van der Waals surface area contributed by atoms with Crippen molar-refractivity contribution in [3.8, 4) is 0 Å². The zero-order chi connectivity index (χ0) is 23.6. The van der Waals surface area contributed by atoms with Gasteiger partial charge in [-0.25, -0.2) is 8.42 Å². The molecule has 3 aromatic rings. The number of non-ortho nitro benzene ring substituents is 1. The van der Waals surface area contributed by atoms with Gasteiger partial charge >= 0.3 is 0 Å². The van der Waals surface area contributed by atoms with Gasteiger partial charge < -0.3 is 14.8 Å². The number of anilines is 1. The van der Waals surface area contributed by atoms with Crippen LogP contribution >= 0.6 is 0 Å². The van der Waals surface area contributed by atoms with Crippen LogP contribution in [0.4, 0.5) is 11.4 Å². The minimum atomic E-state index is -3.57. The summed E-state index contributed by atoms with van der Waals surface area (Å²) in [6.45, 7) is 5.33. The van der Waals surface area contributed by atoms with Gasteiger partial charge in [-0.2, -0.15) is 4.31 Å². The maximum atomic E-state index is 12.9. The van der Waals surface area contributed by atoms with Gasteiger partial charge in [0.15, 0.2) is 0 Å². The summed E-state index contributed by atoms with van der Waals surface area (Å²) in [7, 11) is -3.57. The van der Waals surface area contributed by atoms with Crippen molar-refractivity contribution in [3.63, 3.8) is 0 Å². The van der Waals surface area contributed by atoms with Gasteiger partial charge in [0.1, 0.15) is 6.54 Å². The summed E-state index contributed by atoms with van der Waals surface area (Å²) in [4.78, 5) is 25.4. The molecule has 1 aromatic heterocycles. The van der Waals surface area contributed by atoms with Crippen molar-refractivity contribution in [2.45, 2.75) is 18.4 Å². The second-order valence-corrected chi connectivity index (χ2v) is 9.79. The van der Waals surface area contributed by atoms with Gasteiger partial charge in [-0.15, -0.1) is 0 Å². The number of likely N-dealkylation sites (N-methyl/N-ethyl adjacent to an activating group) is 1. The van der Waals surface area contributed by atoms with E-state index in [2.05, 4.69) is 17.1 Å². The molecule has 0 spiro atoms. The lowest BCUT2D eigenvalue weighted by molar-refractivity contribution is -0.384. The van der Waals surface area contributed by atoms with Crippen LogP contribution in [0.3, 0.4) is 0 Å². The Balaban J connectivity index is 1.40. The summed E-state index contributed by atoms with van der Waals surface area (Å²) in [5, 5.41) is 14.4. The van der Waals surface area contributed by atoms with E-state index in [0.717, 1.165) is 6.54 Å². The van der Waals surface area contributed by atoms with E-state index in [1.165, 1.54) is 28.6 Å². The molecule has 1 N–H and O–H groups in total. The van der Waals surface area contributed by atoms with Gasteiger partial charge in [-0.1, -0.05) is 6.92 Å². The first kappa shape index (κ1) is 22.9. The monoisotopic (exact) mass is 471 g/mol. The number of amides is 1. The number of fused-ring (bicyclic) bond motifs is 1. The second-order valence-electron chi connectivity index (χ2n) is 7.85. The molecule has 1 saturated heterocycles. The molecule has 4 rings (SSSR count). The van der Waals surface area contributed by atoms with Crippen molar-refractivity contribution < 1.29 is 18.1 Å². The van der Waals surface area contributed by atoms with Crippen molar-refractivity contribution in [1.29, 1.82) is 0 Å². The molecule has 11 heteroatoms. The van der Waals surface area contributed by atoms with E-state index in [9.17, 15) is 23.3 Å². The third kappa shape index (κ3) is 4.90. The number of rotatable bonds is 7. The summed E-state index contributed by atoms with van der Waals surface area (Å²) in [5.41, 5.74) is 1.19. The van der Waals surface area contributed by atoms with Crippen molar-refractivity contribution in [2.75, 3.05) is 38.0 Å². The summed E-state index contributed by atoms with van der Waals surface area (Å²) in [5.74, 6) is -0.294. The van der Waals surface area contributed by atoms with E-state index in [4.69, 9.17) is 0 Å². The molecule has 2 aromatic carbocycles. The van der Waals surface area contributed by atoms with Crippen molar-refractivity contribution in [3.05, 3.63) is 64.8 Å². The molecular formula is C22H25N5O5S. The molecule has 0 bridgehead atoms. The Hall–Kier alpha value is -3.28. The van der Waals surface area contributed by atoms with Crippen LogP contribution in [0.2, 0.25) is 0 Å².